The van der Waals surface area contributed by atoms with Crippen molar-refractivity contribution in [3.8, 4) is 0 Å². The van der Waals surface area contributed by atoms with Crippen LogP contribution in [0.15, 0.2) is 41.9 Å². The molecule has 0 spiro atoms. The second-order valence-corrected chi connectivity index (χ2v) is 6.94. The maximum absolute atomic E-state index is 11.8. The van der Waals surface area contributed by atoms with E-state index in [-0.39, 0.29) is 12.1 Å². The van der Waals surface area contributed by atoms with E-state index in [9.17, 15) is 4.79 Å². The summed E-state index contributed by atoms with van der Waals surface area (Å²) in [7, 11) is 1.77. The number of amides is 1. The van der Waals surface area contributed by atoms with E-state index < -0.39 is 0 Å². The number of nitrogens with one attached hydrogen (secondary N) is 2. The molecule has 0 bridgehead atoms. The lowest BCUT2D eigenvalue weighted by atomic mass is 10.1. The maximum atomic E-state index is 11.8. The minimum absolute atomic E-state index is 0.223. The lowest BCUT2D eigenvalue weighted by molar-refractivity contribution is 0.0963. The van der Waals surface area contributed by atoms with Crippen LogP contribution in [0.1, 0.15) is 30.9 Å². The Bertz CT molecular complexity index is 799. The fourth-order valence-electron chi connectivity index (χ4n) is 3.33. The van der Waals surface area contributed by atoms with Gasteiger partial charge < -0.3 is 20.3 Å². The minimum Gasteiger partial charge on any atom is -0.450 e. The molecule has 0 saturated carbocycles. The topological polar surface area (TPSA) is 96.7 Å². The van der Waals surface area contributed by atoms with E-state index in [1.54, 1.807) is 23.0 Å². The van der Waals surface area contributed by atoms with Crippen LogP contribution in [-0.4, -0.2) is 64.5 Å². The predicted molar refractivity (Wildman–Crippen MR) is 111 cm³/mol. The fraction of sp³-hybridized carbons (Fsp3) is 0.500. The van der Waals surface area contributed by atoms with Gasteiger partial charge in [-0.2, -0.15) is 5.10 Å². The van der Waals surface area contributed by atoms with Crippen molar-refractivity contribution in [2.75, 3.05) is 26.7 Å². The molecular formula is C20H29N7O2. The number of benzene rings is 1. The average molecular weight is 399 g/mol. The highest BCUT2D eigenvalue weighted by Crippen LogP contribution is 2.12. The number of guanidine groups is 1. The summed E-state index contributed by atoms with van der Waals surface area (Å²) < 4.78 is 6.87. The molecule has 1 fully saturated rings. The van der Waals surface area contributed by atoms with Gasteiger partial charge in [0.05, 0.1) is 13.2 Å². The summed E-state index contributed by atoms with van der Waals surface area (Å²) in [5, 5.41) is 11.0. The Balaban J connectivity index is 1.46. The molecule has 0 radical (unpaired) electrons. The molecule has 0 unspecified atom stereocenters. The molecule has 9 heteroatoms. The van der Waals surface area contributed by atoms with E-state index in [2.05, 4.69) is 43.9 Å². The highest BCUT2D eigenvalue weighted by atomic mass is 16.6. The molecule has 3 rings (SSSR count). The smallest absolute Gasteiger partial charge is 0.409 e. The third-order valence-corrected chi connectivity index (χ3v) is 4.85. The predicted octanol–water partition coefficient (Wildman–Crippen LogP) is 1.61. The fourth-order valence-corrected chi connectivity index (χ4v) is 3.33. The number of likely N-dealkylation sites (tertiary alicyclic amines) is 1. The molecule has 1 aliphatic heterocycles. The van der Waals surface area contributed by atoms with Crippen molar-refractivity contribution >= 4 is 12.1 Å². The van der Waals surface area contributed by atoms with Gasteiger partial charge in [-0.15, -0.1) is 0 Å². The van der Waals surface area contributed by atoms with Crippen molar-refractivity contribution in [1.82, 2.24) is 30.3 Å². The average Bonchev–Trinajstić information content (AvgIpc) is 3.25. The molecule has 9 nitrogen and oxygen atoms in total. The van der Waals surface area contributed by atoms with Crippen molar-refractivity contribution in [3.63, 3.8) is 0 Å². The molecule has 1 aromatic carbocycles. The summed E-state index contributed by atoms with van der Waals surface area (Å²) in [5.74, 6) is 0.765. The lowest BCUT2D eigenvalue weighted by Gasteiger charge is -2.32. The van der Waals surface area contributed by atoms with Crippen LogP contribution in [0.25, 0.3) is 0 Å². The molecule has 1 saturated heterocycles. The monoisotopic (exact) mass is 399 g/mol. The molecule has 1 aliphatic rings. The zero-order valence-electron chi connectivity index (χ0n) is 17.0. The Hall–Kier alpha value is -3.10. The summed E-state index contributed by atoms with van der Waals surface area (Å²) in [6.45, 7) is 4.99. The van der Waals surface area contributed by atoms with Crippen molar-refractivity contribution in [3.05, 3.63) is 48.0 Å². The summed E-state index contributed by atoms with van der Waals surface area (Å²) in [5.41, 5.74) is 2.34. The number of piperidine rings is 1. The minimum atomic E-state index is -0.223. The van der Waals surface area contributed by atoms with Crippen molar-refractivity contribution < 1.29 is 9.53 Å². The number of carbonyl (C=O) groups excluding carboxylic acids is 1. The second kappa shape index (κ2) is 10.4. The SMILES string of the molecule is CCOC(=O)N1CCC(NC(=NC)NCc2cccc(Cn3cncn3)c2)CC1. The Labute approximate surface area is 171 Å². The molecule has 156 valence electrons. The van der Waals surface area contributed by atoms with E-state index in [0.717, 1.165) is 18.8 Å². The first kappa shape index (κ1) is 20.6. The van der Waals surface area contributed by atoms with Crippen LogP contribution in [0, 0.1) is 0 Å². The van der Waals surface area contributed by atoms with Gasteiger partial charge in [0.15, 0.2) is 5.96 Å². The molecule has 2 heterocycles. The summed E-state index contributed by atoms with van der Waals surface area (Å²) in [4.78, 5) is 21.9. The van der Waals surface area contributed by atoms with Gasteiger partial charge in [-0.25, -0.2) is 14.5 Å². The van der Waals surface area contributed by atoms with Crippen molar-refractivity contribution in [2.24, 2.45) is 4.99 Å². The van der Waals surface area contributed by atoms with Crippen LogP contribution >= 0.6 is 0 Å². The van der Waals surface area contributed by atoms with Crippen LogP contribution in [0.2, 0.25) is 0 Å². The molecule has 29 heavy (non-hydrogen) atoms. The van der Waals surface area contributed by atoms with Gasteiger partial charge >= 0.3 is 6.09 Å². The van der Waals surface area contributed by atoms with Crippen LogP contribution in [0.4, 0.5) is 4.79 Å². The summed E-state index contributed by atoms with van der Waals surface area (Å²) >= 11 is 0. The third kappa shape index (κ3) is 6.20. The number of aliphatic imine (C=N–C) groups is 1. The van der Waals surface area contributed by atoms with Gasteiger partial charge in [0.25, 0.3) is 0 Å². The summed E-state index contributed by atoms with van der Waals surface area (Å²) in [6, 6.07) is 8.65. The van der Waals surface area contributed by atoms with Gasteiger partial charge in [-0.1, -0.05) is 24.3 Å². The number of ether oxygens (including phenoxy) is 1. The first-order chi connectivity index (χ1) is 14.2. The van der Waals surface area contributed by atoms with Gasteiger partial charge in [0.1, 0.15) is 12.7 Å². The Morgan fingerprint density at radius 2 is 2.10 bits per heavy atom. The highest BCUT2D eigenvalue weighted by Gasteiger charge is 2.23. The maximum Gasteiger partial charge on any atom is 0.409 e. The molecule has 1 aromatic heterocycles. The lowest BCUT2D eigenvalue weighted by Crippen LogP contribution is -2.49. The van der Waals surface area contributed by atoms with E-state index in [0.29, 0.717) is 32.8 Å². The van der Waals surface area contributed by atoms with Gasteiger partial charge in [0, 0.05) is 32.7 Å². The number of carbonyl (C=O) groups is 1. The third-order valence-electron chi connectivity index (χ3n) is 4.85. The van der Waals surface area contributed by atoms with Crippen LogP contribution in [0.5, 0.6) is 0 Å². The first-order valence-corrected chi connectivity index (χ1v) is 9.97. The standard InChI is InChI=1S/C20H29N7O2/c1-3-29-20(28)26-9-7-18(8-10-26)25-19(21-2)23-12-16-5-4-6-17(11-16)13-27-15-22-14-24-27/h4-6,11,14-15,18H,3,7-10,12-13H2,1-2H3,(H2,21,23,25). The molecule has 0 atom stereocenters. The molecule has 2 aromatic rings. The molecule has 0 aliphatic carbocycles. The molecular weight excluding hydrogens is 370 g/mol. The van der Waals surface area contributed by atoms with Crippen molar-refractivity contribution in [2.45, 2.75) is 38.9 Å². The van der Waals surface area contributed by atoms with E-state index in [1.165, 1.54) is 17.5 Å². The largest absolute Gasteiger partial charge is 0.450 e. The Kier molecular flexibility index (Phi) is 7.43. The number of aromatic nitrogens is 3. The van der Waals surface area contributed by atoms with E-state index >= 15 is 0 Å². The first-order valence-electron chi connectivity index (χ1n) is 9.97. The van der Waals surface area contributed by atoms with E-state index in [1.807, 2.05) is 13.0 Å². The quantitative estimate of drug-likeness (QED) is 0.566. The normalized spacial score (nSPS) is 15.2. The Morgan fingerprint density at radius 3 is 2.79 bits per heavy atom. The van der Waals surface area contributed by atoms with Crippen LogP contribution < -0.4 is 10.6 Å². The zero-order valence-corrected chi connectivity index (χ0v) is 17.0. The highest BCUT2D eigenvalue weighted by molar-refractivity contribution is 5.80. The van der Waals surface area contributed by atoms with Crippen molar-refractivity contribution in [1.29, 1.82) is 0 Å². The van der Waals surface area contributed by atoms with E-state index in [4.69, 9.17) is 4.74 Å². The Morgan fingerprint density at radius 1 is 1.31 bits per heavy atom. The van der Waals surface area contributed by atoms with Gasteiger partial charge in [-0.05, 0) is 30.9 Å². The number of hydrogen-bond donors (Lipinski definition) is 2. The number of nitrogens with zero attached hydrogens (tertiary/aromatic N) is 5. The molecule has 2 N–H and O–H groups in total. The number of rotatable bonds is 6. The zero-order chi connectivity index (χ0) is 20.5. The summed E-state index contributed by atoms with van der Waals surface area (Å²) in [6.07, 6.45) is 4.77. The number of hydrogen-bond acceptors (Lipinski definition) is 5. The van der Waals surface area contributed by atoms with Crippen LogP contribution in [-0.2, 0) is 17.8 Å². The van der Waals surface area contributed by atoms with Gasteiger partial charge in [-0.3, -0.25) is 4.99 Å². The van der Waals surface area contributed by atoms with Gasteiger partial charge in [0.2, 0.25) is 0 Å². The van der Waals surface area contributed by atoms with Crippen LogP contribution in [0.3, 0.4) is 0 Å². The molecule has 1 amide bonds. The second-order valence-electron chi connectivity index (χ2n) is 6.94.